The van der Waals surface area contributed by atoms with E-state index in [2.05, 4.69) is 37.8 Å². The van der Waals surface area contributed by atoms with Gasteiger partial charge in [-0.05, 0) is 45.2 Å². The topological polar surface area (TPSA) is 126 Å². The van der Waals surface area contributed by atoms with Crippen LogP contribution in [0.5, 0.6) is 0 Å². The lowest BCUT2D eigenvalue weighted by atomic mass is 10.1. The van der Waals surface area contributed by atoms with Crippen molar-refractivity contribution in [1.29, 1.82) is 5.41 Å². The summed E-state index contributed by atoms with van der Waals surface area (Å²) in [4.78, 5) is 11.6. The number of allylic oxidation sites excluding steroid dienone is 1. The lowest BCUT2D eigenvalue weighted by Crippen LogP contribution is -2.41. The van der Waals surface area contributed by atoms with E-state index >= 15 is 0 Å². The Bertz CT molecular complexity index is 609. The number of hydrogen-bond acceptors (Lipinski definition) is 8. The maximum absolute atomic E-state index is 7.51. The first kappa shape index (κ1) is 21.8. The number of piperidine rings is 2. The Morgan fingerprint density at radius 1 is 1.25 bits per heavy atom. The fraction of sp³-hybridized carbons (Fsp3) is 0.579. The van der Waals surface area contributed by atoms with E-state index in [-0.39, 0.29) is 0 Å². The van der Waals surface area contributed by atoms with Crippen molar-refractivity contribution in [2.75, 3.05) is 32.8 Å². The number of nitrogens with one attached hydrogen (secondary N) is 4. The van der Waals surface area contributed by atoms with Crippen LogP contribution in [-0.4, -0.2) is 68.8 Å². The molecule has 2 saturated heterocycles. The summed E-state index contributed by atoms with van der Waals surface area (Å²) in [5, 5.41) is 18.0. The molecule has 2 rings (SSSR count). The molecule has 28 heavy (non-hydrogen) atoms. The van der Waals surface area contributed by atoms with E-state index in [1.807, 2.05) is 0 Å². The third kappa shape index (κ3) is 7.24. The van der Waals surface area contributed by atoms with Crippen LogP contribution in [0.4, 0.5) is 0 Å². The fourth-order valence-corrected chi connectivity index (χ4v) is 3.26. The molecule has 2 heterocycles. The average Bonchev–Trinajstić information content (AvgIpc) is 2.75. The van der Waals surface area contributed by atoms with Gasteiger partial charge in [-0.2, -0.15) is 5.10 Å². The minimum atomic E-state index is 0.484. The Morgan fingerprint density at radius 2 is 2.00 bits per heavy atom. The van der Waals surface area contributed by atoms with E-state index < -0.39 is 0 Å². The zero-order valence-electron chi connectivity index (χ0n) is 16.5. The van der Waals surface area contributed by atoms with Gasteiger partial charge in [-0.15, -0.1) is 0 Å². The molecule has 0 amide bonds. The first-order valence-electron chi connectivity index (χ1n) is 9.90. The van der Waals surface area contributed by atoms with Crippen molar-refractivity contribution in [2.24, 2.45) is 20.8 Å². The van der Waals surface area contributed by atoms with E-state index in [0.717, 1.165) is 63.9 Å². The van der Waals surface area contributed by atoms with E-state index in [9.17, 15) is 0 Å². The molecule has 2 aliphatic heterocycles. The van der Waals surface area contributed by atoms with Gasteiger partial charge in [0, 0.05) is 50.0 Å². The molecule has 0 aromatic heterocycles. The van der Waals surface area contributed by atoms with Crippen molar-refractivity contribution in [3.63, 3.8) is 0 Å². The number of likely N-dealkylation sites (tertiary alicyclic amines) is 1. The Hall–Kier alpha value is -2.52. The molecule has 0 spiro atoms. The summed E-state index contributed by atoms with van der Waals surface area (Å²) in [5.41, 5.74) is 9.25. The first-order chi connectivity index (χ1) is 13.8. The van der Waals surface area contributed by atoms with Crippen LogP contribution in [0.1, 0.15) is 32.1 Å². The summed E-state index contributed by atoms with van der Waals surface area (Å²) < 4.78 is 0. The summed E-state index contributed by atoms with van der Waals surface area (Å²) in [5.74, 6) is 0.847. The van der Waals surface area contributed by atoms with Crippen molar-refractivity contribution >= 4 is 25.0 Å². The highest BCUT2D eigenvalue weighted by Gasteiger charge is 2.15. The molecule has 0 radical (unpaired) electrons. The molecule has 2 aliphatic rings. The minimum absolute atomic E-state index is 0.484. The third-order valence-electron chi connectivity index (χ3n) is 4.88. The number of amidine groups is 1. The number of hydrazone groups is 1. The molecular formula is C19H33N9. The predicted molar refractivity (Wildman–Crippen MR) is 117 cm³/mol. The van der Waals surface area contributed by atoms with Crippen molar-refractivity contribution < 1.29 is 0 Å². The van der Waals surface area contributed by atoms with Gasteiger partial charge in [0.2, 0.25) is 0 Å². The van der Waals surface area contributed by atoms with Gasteiger partial charge in [0.1, 0.15) is 5.84 Å². The highest BCUT2D eigenvalue weighted by Crippen LogP contribution is 2.11. The summed E-state index contributed by atoms with van der Waals surface area (Å²) in [6.07, 6.45) is 11.6. The number of aliphatic imine (C=N–C) groups is 2. The van der Waals surface area contributed by atoms with Crippen LogP contribution >= 0.6 is 0 Å². The number of nitrogens with zero attached hydrogens (tertiary/aromatic N) is 4. The van der Waals surface area contributed by atoms with Crippen LogP contribution < -0.4 is 21.8 Å². The van der Waals surface area contributed by atoms with Crippen LogP contribution in [0.2, 0.25) is 0 Å². The van der Waals surface area contributed by atoms with Gasteiger partial charge < -0.3 is 21.4 Å². The molecule has 9 heteroatoms. The lowest BCUT2D eigenvalue weighted by molar-refractivity contribution is 0.343. The minimum Gasteiger partial charge on any atom is -0.404 e. The van der Waals surface area contributed by atoms with Gasteiger partial charge >= 0.3 is 0 Å². The van der Waals surface area contributed by atoms with Gasteiger partial charge in [-0.1, -0.05) is 0 Å². The number of nitrogens with two attached hydrogens (primary N) is 1. The van der Waals surface area contributed by atoms with Crippen molar-refractivity contribution in [2.45, 2.75) is 38.1 Å². The SMILES string of the molecule is C=NN/C=C(\N=C/C(=N/CNC1CCNCC1)N1CCCCC1)C(/C=N)=C/N. The predicted octanol–water partition coefficient (Wildman–Crippen LogP) is 0.779. The van der Waals surface area contributed by atoms with Gasteiger partial charge in [0.15, 0.2) is 0 Å². The molecular weight excluding hydrogens is 354 g/mol. The Labute approximate surface area is 167 Å². The van der Waals surface area contributed by atoms with E-state index in [4.69, 9.17) is 16.1 Å². The molecule has 0 aliphatic carbocycles. The smallest absolute Gasteiger partial charge is 0.143 e. The van der Waals surface area contributed by atoms with Gasteiger partial charge in [0.25, 0.3) is 0 Å². The molecule has 9 nitrogen and oxygen atoms in total. The van der Waals surface area contributed by atoms with E-state index in [1.165, 1.54) is 12.6 Å². The number of rotatable bonds is 9. The second-order valence-corrected chi connectivity index (χ2v) is 6.79. The molecule has 6 N–H and O–H groups in total. The Morgan fingerprint density at radius 3 is 2.64 bits per heavy atom. The zero-order valence-corrected chi connectivity index (χ0v) is 16.5. The van der Waals surface area contributed by atoms with E-state index in [1.54, 1.807) is 12.4 Å². The first-order valence-corrected chi connectivity index (χ1v) is 9.90. The molecule has 0 bridgehead atoms. The molecule has 0 aromatic carbocycles. The zero-order chi connectivity index (χ0) is 20.0. The molecule has 154 valence electrons. The van der Waals surface area contributed by atoms with Crippen LogP contribution in [0.15, 0.2) is 38.8 Å². The maximum atomic E-state index is 7.51. The summed E-state index contributed by atoms with van der Waals surface area (Å²) in [6.45, 7) is 8.02. The lowest BCUT2D eigenvalue weighted by Gasteiger charge is -2.28. The second kappa shape index (κ2) is 12.8. The quantitative estimate of drug-likeness (QED) is 0.173. The fourth-order valence-electron chi connectivity index (χ4n) is 3.26. The summed E-state index contributed by atoms with van der Waals surface area (Å²) in [6, 6.07) is 0.507. The summed E-state index contributed by atoms with van der Waals surface area (Å²) in [7, 11) is 0. The van der Waals surface area contributed by atoms with Gasteiger partial charge in [0.05, 0.1) is 18.6 Å². The molecule has 0 saturated carbocycles. The maximum Gasteiger partial charge on any atom is 0.143 e. The van der Waals surface area contributed by atoms with Gasteiger partial charge in [-0.25, -0.2) is 0 Å². The van der Waals surface area contributed by atoms with Crippen molar-refractivity contribution in [1.82, 2.24) is 21.0 Å². The molecule has 2 fully saturated rings. The highest BCUT2D eigenvalue weighted by molar-refractivity contribution is 6.29. The van der Waals surface area contributed by atoms with Crippen molar-refractivity contribution in [3.8, 4) is 0 Å². The van der Waals surface area contributed by atoms with Crippen LogP contribution in [0.3, 0.4) is 0 Å². The molecule has 0 atom stereocenters. The van der Waals surface area contributed by atoms with Gasteiger partial charge in [-0.3, -0.25) is 20.7 Å². The average molecular weight is 388 g/mol. The second-order valence-electron chi connectivity index (χ2n) is 6.79. The standard InChI is InChI=1S/C19H33N9/c1-22-27-13-18(16(11-20)12-21)24-14-19(28-9-3-2-4-10-28)26-15-25-17-5-7-23-8-6-17/h11-14,17,20,23,25,27H,1-10,15,21H2/b16-12+,18-13-,20-11?,24-14-,26-19-. The van der Waals surface area contributed by atoms with Crippen molar-refractivity contribution in [3.05, 3.63) is 23.7 Å². The Kier molecular flexibility index (Phi) is 9.95. The highest BCUT2D eigenvalue weighted by atomic mass is 15.3. The third-order valence-corrected chi connectivity index (χ3v) is 4.88. The monoisotopic (exact) mass is 387 g/mol. The van der Waals surface area contributed by atoms with E-state index in [0.29, 0.717) is 24.0 Å². The Balaban J connectivity index is 2.11. The van der Waals surface area contributed by atoms with Crippen LogP contribution in [0.25, 0.3) is 0 Å². The summed E-state index contributed by atoms with van der Waals surface area (Å²) >= 11 is 0. The molecule has 0 unspecified atom stereocenters. The number of hydrogen-bond donors (Lipinski definition) is 5. The normalized spacial score (nSPS) is 20.4. The molecule has 0 aromatic rings. The largest absolute Gasteiger partial charge is 0.404 e. The van der Waals surface area contributed by atoms with Crippen LogP contribution in [0, 0.1) is 5.41 Å². The van der Waals surface area contributed by atoms with Crippen LogP contribution in [-0.2, 0) is 0 Å².